The lowest BCUT2D eigenvalue weighted by molar-refractivity contribution is 0.385. The molecule has 0 saturated carbocycles. The number of anilines is 1. The van der Waals surface area contributed by atoms with E-state index < -0.39 is 0 Å². The van der Waals surface area contributed by atoms with Gasteiger partial charge in [0.15, 0.2) is 0 Å². The first kappa shape index (κ1) is 12.2. The summed E-state index contributed by atoms with van der Waals surface area (Å²) < 4.78 is 5.12. The molecule has 0 unspecified atom stereocenters. The van der Waals surface area contributed by atoms with Gasteiger partial charge < -0.3 is 9.42 Å². The first-order valence-electron chi connectivity index (χ1n) is 5.00. The second-order valence-electron chi connectivity index (χ2n) is 3.76. The maximum Gasteiger partial charge on any atom is 0.265 e. The number of aromatic nitrogens is 2. The third-order valence-corrected chi connectivity index (χ3v) is 2.96. The SMILES string of the molecule is CN(C)c1noc(Cc2c(Cl)cccc2Cl)n1. The van der Waals surface area contributed by atoms with Gasteiger partial charge in [0, 0.05) is 24.1 Å². The Kier molecular flexibility index (Phi) is 3.54. The summed E-state index contributed by atoms with van der Waals surface area (Å²) in [5, 5.41) is 5.02. The summed E-state index contributed by atoms with van der Waals surface area (Å²) in [5.41, 5.74) is 0.796. The van der Waals surface area contributed by atoms with E-state index in [1.165, 1.54) is 0 Å². The van der Waals surface area contributed by atoms with Gasteiger partial charge in [-0.25, -0.2) is 0 Å². The molecule has 0 N–H and O–H groups in total. The maximum absolute atomic E-state index is 6.06. The van der Waals surface area contributed by atoms with E-state index in [1.807, 2.05) is 14.1 Å². The smallest absolute Gasteiger partial charge is 0.265 e. The number of nitrogens with zero attached hydrogens (tertiary/aromatic N) is 3. The summed E-state index contributed by atoms with van der Waals surface area (Å²) in [6.45, 7) is 0. The van der Waals surface area contributed by atoms with Gasteiger partial charge in [-0.05, 0) is 22.9 Å². The highest BCUT2D eigenvalue weighted by molar-refractivity contribution is 6.36. The van der Waals surface area contributed by atoms with E-state index in [2.05, 4.69) is 10.1 Å². The first-order chi connectivity index (χ1) is 8.08. The Hall–Kier alpha value is -1.26. The monoisotopic (exact) mass is 271 g/mol. The minimum Gasteiger partial charge on any atom is -0.344 e. The average molecular weight is 272 g/mol. The quantitative estimate of drug-likeness (QED) is 0.861. The van der Waals surface area contributed by atoms with Crippen LogP contribution in [0, 0.1) is 0 Å². The minimum atomic E-state index is 0.430. The molecule has 6 heteroatoms. The zero-order chi connectivity index (χ0) is 12.4. The summed E-state index contributed by atoms with van der Waals surface area (Å²) in [6, 6.07) is 5.37. The molecule has 1 heterocycles. The molecule has 2 aromatic rings. The number of halogens is 2. The number of hydrogen-bond acceptors (Lipinski definition) is 4. The molecule has 0 aliphatic rings. The van der Waals surface area contributed by atoms with Gasteiger partial charge >= 0.3 is 0 Å². The molecule has 1 aromatic heterocycles. The molecule has 0 saturated heterocycles. The summed E-state index contributed by atoms with van der Waals surface area (Å²) in [6.07, 6.45) is 0.430. The standard InChI is InChI=1S/C11H11Cl2N3O/c1-16(2)11-14-10(17-15-11)6-7-8(12)4-3-5-9(7)13/h3-5H,6H2,1-2H3. The molecule has 0 spiro atoms. The Morgan fingerprint density at radius 2 is 1.88 bits per heavy atom. The summed E-state index contributed by atoms with van der Waals surface area (Å²) in [7, 11) is 3.69. The Labute approximate surface area is 109 Å². The molecule has 2 rings (SSSR count). The topological polar surface area (TPSA) is 42.2 Å². The normalized spacial score (nSPS) is 10.6. The predicted molar refractivity (Wildman–Crippen MR) is 67.9 cm³/mol. The van der Waals surface area contributed by atoms with Gasteiger partial charge in [-0.3, -0.25) is 0 Å². The molecule has 0 aliphatic heterocycles. The maximum atomic E-state index is 6.06. The second kappa shape index (κ2) is 4.94. The summed E-state index contributed by atoms with van der Waals surface area (Å²) in [4.78, 5) is 5.98. The molecule has 0 aliphatic carbocycles. The Balaban J connectivity index is 2.25. The van der Waals surface area contributed by atoms with Gasteiger partial charge in [-0.1, -0.05) is 29.3 Å². The van der Waals surface area contributed by atoms with Crippen molar-refractivity contribution in [2.24, 2.45) is 0 Å². The highest BCUT2D eigenvalue weighted by atomic mass is 35.5. The Morgan fingerprint density at radius 1 is 1.24 bits per heavy atom. The van der Waals surface area contributed by atoms with Crippen LogP contribution in [0.4, 0.5) is 5.95 Å². The summed E-state index contributed by atoms with van der Waals surface area (Å²) >= 11 is 12.1. The van der Waals surface area contributed by atoms with Gasteiger partial charge in [0.2, 0.25) is 5.89 Å². The predicted octanol–water partition coefficient (Wildman–Crippen LogP) is 3.03. The van der Waals surface area contributed by atoms with Gasteiger partial charge in [-0.2, -0.15) is 4.98 Å². The van der Waals surface area contributed by atoms with Crippen molar-refractivity contribution >= 4 is 29.2 Å². The van der Waals surface area contributed by atoms with E-state index in [0.717, 1.165) is 5.56 Å². The van der Waals surface area contributed by atoms with Crippen LogP contribution in [-0.4, -0.2) is 24.2 Å². The second-order valence-corrected chi connectivity index (χ2v) is 4.57. The molecule has 0 bridgehead atoms. The van der Waals surface area contributed by atoms with E-state index in [1.54, 1.807) is 23.1 Å². The van der Waals surface area contributed by atoms with E-state index in [9.17, 15) is 0 Å². The fourth-order valence-corrected chi connectivity index (χ4v) is 1.88. The highest BCUT2D eigenvalue weighted by Gasteiger charge is 2.12. The van der Waals surface area contributed by atoms with Gasteiger partial charge in [-0.15, -0.1) is 0 Å². The largest absolute Gasteiger partial charge is 0.344 e. The van der Waals surface area contributed by atoms with Crippen LogP contribution in [-0.2, 0) is 6.42 Å². The van der Waals surface area contributed by atoms with Crippen molar-refractivity contribution in [3.05, 3.63) is 39.7 Å². The fourth-order valence-electron chi connectivity index (χ4n) is 1.35. The van der Waals surface area contributed by atoms with E-state index in [4.69, 9.17) is 27.7 Å². The number of hydrogen-bond donors (Lipinski definition) is 0. The molecular weight excluding hydrogens is 261 g/mol. The molecule has 0 radical (unpaired) electrons. The van der Waals surface area contributed by atoms with Crippen molar-refractivity contribution in [3.63, 3.8) is 0 Å². The van der Waals surface area contributed by atoms with E-state index >= 15 is 0 Å². The average Bonchev–Trinajstić information content (AvgIpc) is 2.72. The van der Waals surface area contributed by atoms with Crippen LogP contribution in [0.5, 0.6) is 0 Å². The molecular formula is C11H11Cl2N3O. The van der Waals surface area contributed by atoms with Gasteiger partial charge in [0.05, 0.1) is 6.42 Å². The third-order valence-electron chi connectivity index (χ3n) is 2.25. The van der Waals surface area contributed by atoms with Crippen molar-refractivity contribution in [2.75, 3.05) is 19.0 Å². The molecule has 90 valence electrons. The number of rotatable bonds is 3. The van der Waals surface area contributed by atoms with Crippen molar-refractivity contribution in [1.29, 1.82) is 0 Å². The minimum absolute atomic E-state index is 0.430. The molecule has 4 nitrogen and oxygen atoms in total. The van der Waals surface area contributed by atoms with Crippen LogP contribution in [0.2, 0.25) is 10.0 Å². The number of benzene rings is 1. The molecule has 0 amide bonds. The van der Waals surface area contributed by atoms with Gasteiger partial charge in [0.25, 0.3) is 5.95 Å². The zero-order valence-electron chi connectivity index (χ0n) is 9.44. The first-order valence-corrected chi connectivity index (χ1v) is 5.76. The van der Waals surface area contributed by atoms with Crippen molar-refractivity contribution in [3.8, 4) is 0 Å². The highest BCUT2D eigenvalue weighted by Crippen LogP contribution is 2.26. The fraction of sp³-hybridized carbons (Fsp3) is 0.273. The summed E-state index contributed by atoms with van der Waals surface area (Å²) in [5.74, 6) is 1.02. The zero-order valence-corrected chi connectivity index (χ0v) is 11.0. The Morgan fingerprint density at radius 3 is 2.41 bits per heavy atom. The van der Waals surface area contributed by atoms with Crippen LogP contribution >= 0.6 is 23.2 Å². The van der Waals surface area contributed by atoms with Crippen LogP contribution in [0.3, 0.4) is 0 Å². The van der Waals surface area contributed by atoms with Crippen LogP contribution in [0.25, 0.3) is 0 Å². The van der Waals surface area contributed by atoms with Crippen LogP contribution < -0.4 is 4.90 Å². The van der Waals surface area contributed by atoms with Crippen molar-refractivity contribution in [2.45, 2.75) is 6.42 Å². The molecule has 0 atom stereocenters. The molecule has 0 fully saturated rings. The van der Waals surface area contributed by atoms with Crippen molar-refractivity contribution < 1.29 is 4.52 Å². The lowest BCUT2D eigenvalue weighted by atomic mass is 10.1. The van der Waals surface area contributed by atoms with Crippen LogP contribution in [0.15, 0.2) is 22.7 Å². The van der Waals surface area contributed by atoms with Crippen LogP contribution in [0.1, 0.15) is 11.5 Å². The molecule has 17 heavy (non-hydrogen) atoms. The van der Waals surface area contributed by atoms with Crippen molar-refractivity contribution in [1.82, 2.24) is 10.1 Å². The van der Waals surface area contributed by atoms with E-state index in [0.29, 0.717) is 28.3 Å². The Bertz CT molecular complexity index is 505. The van der Waals surface area contributed by atoms with E-state index in [-0.39, 0.29) is 0 Å². The van der Waals surface area contributed by atoms with Gasteiger partial charge in [0.1, 0.15) is 0 Å². The molecule has 1 aromatic carbocycles. The third kappa shape index (κ3) is 2.70. The lowest BCUT2D eigenvalue weighted by Gasteiger charge is -2.04. The lowest BCUT2D eigenvalue weighted by Crippen LogP contribution is -2.10.